The van der Waals surface area contributed by atoms with E-state index < -0.39 is 0 Å². The fourth-order valence-electron chi connectivity index (χ4n) is 3.92. The minimum absolute atomic E-state index is 0.428. The number of aryl methyl sites for hydroxylation is 1. The third kappa shape index (κ3) is 3.78. The van der Waals surface area contributed by atoms with Crippen LogP contribution in [0.2, 0.25) is 0 Å². The van der Waals surface area contributed by atoms with Crippen LogP contribution in [0.15, 0.2) is 6.33 Å². The van der Waals surface area contributed by atoms with Crippen molar-refractivity contribution in [3.05, 3.63) is 12.2 Å². The monoisotopic (exact) mass is 264 g/mol. The van der Waals surface area contributed by atoms with E-state index in [1.165, 1.54) is 19.3 Å². The molecule has 0 saturated heterocycles. The first-order valence-electron chi connectivity index (χ1n) is 7.41. The van der Waals surface area contributed by atoms with Crippen molar-refractivity contribution in [1.29, 1.82) is 0 Å². The Hall–Kier alpha value is -0.900. The van der Waals surface area contributed by atoms with Crippen LogP contribution in [0.4, 0.5) is 0 Å². The van der Waals surface area contributed by atoms with Crippen LogP contribution in [0.1, 0.15) is 59.7 Å². The summed E-state index contributed by atoms with van der Waals surface area (Å²) in [5, 5.41) is 7.91. The third-order valence-electron chi connectivity index (χ3n) is 4.10. The Kier molecular flexibility index (Phi) is 4.00. The fraction of sp³-hybridized carbons (Fsp3) is 0.867. The average Bonchev–Trinajstić information content (AvgIpc) is 2.69. The Morgan fingerprint density at radius 2 is 1.89 bits per heavy atom. The van der Waals surface area contributed by atoms with E-state index >= 15 is 0 Å². The molecule has 19 heavy (non-hydrogen) atoms. The van der Waals surface area contributed by atoms with Gasteiger partial charge in [-0.1, -0.05) is 27.7 Å². The largest absolute Gasteiger partial charge is 0.307 e. The van der Waals surface area contributed by atoms with E-state index in [1.54, 1.807) is 6.33 Å². The van der Waals surface area contributed by atoms with Crippen molar-refractivity contribution in [1.82, 2.24) is 20.1 Å². The summed E-state index contributed by atoms with van der Waals surface area (Å²) in [6, 6.07) is 0.584. The molecule has 108 valence electrons. The highest BCUT2D eigenvalue weighted by molar-refractivity contribution is 4.93. The van der Waals surface area contributed by atoms with Gasteiger partial charge in [-0.05, 0) is 37.0 Å². The minimum atomic E-state index is 0.428. The molecular formula is C15H28N4. The molecule has 4 nitrogen and oxygen atoms in total. The first-order chi connectivity index (χ1) is 8.81. The van der Waals surface area contributed by atoms with Crippen LogP contribution in [-0.2, 0) is 13.1 Å². The lowest BCUT2D eigenvalue weighted by atomic mass is 9.63. The Morgan fingerprint density at radius 1 is 1.26 bits per heavy atom. The standard InChI is InChI=1S/C15H28N4/c1-6-19-13(17-11-18-19)9-16-12-7-14(2,3)10-15(4,5)8-12/h11-12,16H,6-10H2,1-5H3. The topological polar surface area (TPSA) is 42.7 Å². The summed E-state index contributed by atoms with van der Waals surface area (Å²) in [7, 11) is 0. The number of hydrogen-bond acceptors (Lipinski definition) is 3. The van der Waals surface area contributed by atoms with Gasteiger partial charge in [-0.2, -0.15) is 5.10 Å². The molecule has 0 aromatic carbocycles. The molecule has 1 heterocycles. The zero-order valence-corrected chi connectivity index (χ0v) is 13.0. The van der Waals surface area contributed by atoms with Gasteiger partial charge in [0, 0.05) is 12.6 Å². The molecule has 0 aliphatic heterocycles. The molecule has 4 heteroatoms. The second kappa shape index (κ2) is 5.23. The SMILES string of the molecule is CCn1ncnc1CNC1CC(C)(C)CC(C)(C)C1. The number of rotatable bonds is 4. The van der Waals surface area contributed by atoms with Crippen molar-refractivity contribution in [2.75, 3.05) is 0 Å². The predicted octanol–water partition coefficient (Wildman–Crippen LogP) is 2.99. The second-order valence-corrected chi connectivity index (χ2v) is 7.48. The maximum atomic E-state index is 4.33. The number of nitrogens with zero attached hydrogens (tertiary/aromatic N) is 3. The first-order valence-corrected chi connectivity index (χ1v) is 7.41. The summed E-state index contributed by atoms with van der Waals surface area (Å²) in [5.41, 5.74) is 0.857. The van der Waals surface area contributed by atoms with E-state index in [0.717, 1.165) is 18.9 Å². The van der Waals surface area contributed by atoms with Gasteiger partial charge in [0.05, 0.1) is 6.54 Å². The van der Waals surface area contributed by atoms with E-state index in [-0.39, 0.29) is 0 Å². The van der Waals surface area contributed by atoms with Crippen LogP contribution in [0.25, 0.3) is 0 Å². The summed E-state index contributed by atoms with van der Waals surface area (Å²) >= 11 is 0. The van der Waals surface area contributed by atoms with Gasteiger partial charge in [-0.3, -0.25) is 0 Å². The van der Waals surface area contributed by atoms with Crippen molar-refractivity contribution in [3.63, 3.8) is 0 Å². The fourth-order valence-corrected chi connectivity index (χ4v) is 3.92. The molecule has 1 N–H and O–H groups in total. The summed E-state index contributed by atoms with van der Waals surface area (Å²) < 4.78 is 1.96. The quantitative estimate of drug-likeness (QED) is 0.909. The van der Waals surface area contributed by atoms with E-state index in [2.05, 4.69) is 50.0 Å². The molecule has 1 saturated carbocycles. The number of aromatic nitrogens is 3. The van der Waals surface area contributed by atoms with Gasteiger partial charge in [-0.15, -0.1) is 0 Å². The van der Waals surface area contributed by atoms with Crippen molar-refractivity contribution in [2.24, 2.45) is 10.8 Å². The van der Waals surface area contributed by atoms with Crippen LogP contribution >= 0.6 is 0 Å². The molecule has 1 aromatic heterocycles. The maximum Gasteiger partial charge on any atom is 0.140 e. The van der Waals surface area contributed by atoms with Crippen molar-refractivity contribution in [3.8, 4) is 0 Å². The molecule has 0 atom stereocenters. The number of hydrogen-bond donors (Lipinski definition) is 1. The van der Waals surface area contributed by atoms with Crippen LogP contribution < -0.4 is 5.32 Å². The molecular weight excluding hydrogens is 236 g/mol. The molecule has 1 aliphatic carbocycles. The van der Waals surface area contributed by atoms with Gasteiger partial charge in [0.2, 0.25) is 0 Å². The van der Waals surface area contributed by atoms with Crippen LogP contribution in [-0.4, -0.2) is 20.8 Å². The summed E-state index contributed by atoms with van der Waals surface area (Å²) in [6.07, 6.45) is 5.45. The summed E-state index contributed by atoms with van der Waals surface area (Å²) in [6.45, 7) is 13.4. The van der Waals surface area contributed by atoms with Gasteiger partial charge in [0.25, 0.3) is 0 Å². The van der Waals surface area contributed by atoms with E-state index in [1.807, 2.05) is 4.68 Å². The lowest BCUT2D eigenvalue weighted by Crippen LogP contribution is -2.43. The van der Waals surface area contributed by atoms with Gasteiger partial charge in [0.15, 0.2) is 0 Å². The lowest BCUT2D eigenvalue weighted by Gasteiger charge is -2.45. The lowest BCUT2D eigenvalue weighted by molar-refractivity contribution is 0.0840. The smallest absolute Gasteiger partial charge is 0.140 e. The highest BCUT2D eigenvalue weighted by atomic mass is 15.3. The van der Waals surface area contributed by atoms with Crippen LogP contribution in [0.5, 0.6) is 0 Å². The zero-order valence-electron chi connectivity index (χ0n) is 13.0. The zero-order chi connectivity index (χ0) is 14.1. The van der Waals surface area contributed by atoms with Gasteiger partial charge in [0.1, 0.15) is 12.2 Å². The molecule has 0 amide bonds. The third-order valence-corrected chi connectivity index (χ3v) is 4.10. The molecule has 1 aliphatic rings. The Morgan fingerprint density at radius 3 is 2.47 bits per heavy atom. The molecule has 0 bridgehead atoms. The molecule has 0 radical (unpaired) electrons. The molecule has 0 unspecified atom stereocenters. The van der Waals surface area contributed by atoms with E-state index in [9.17, 15) is 0 Å². The van der Waals surface area contributed by atoms with Gasteiger partial charge < -0.3 is 5.32 Å². The van der Waals surface area contributed by atoms with Crippen LogP contribution in [0.3, 0.4) is 0 Å². The van der Waals surface area contributed by atoms with E-state index in [0.29, 0.717) is 16.9 Å². The number of nitrogens with one attached hydrogen (secondary N) is 1. The molecule has 1 fully saturated rings. The summed E-state index contributed by atoms with van der Waals surface area (Å²) in [4.78, 5) is 4.33. The maximum absolute atomic E-state index is 4.33. The highest BCUT2D eigenvalue weighted by Crippen LogP contribution is 2.45. The Bertz CT molecular complexity index is 404. The van der Waals surface area contributed by atoms with Gasteiger partial charge >= 0.3 is 0 Å². The molecule has 2 rings (SSSR count). The second-order valence-electron chi connectivity index (χ2n) is 7.48. The van der Waals surface area contributed by atoms with Gasteiger partial charge in [-0.25, -0.2) is 9.67 Å². The molecule has 1 aromatic rings. The normalized spacial score (nSPS) is 22.6. The Labute approximate surface area is 117 Å². The minimum Gasteiger partial charge on any atom is -0.307 e. The van der Waals surface area contributed by atoms with Crippen molar-refractivity contribution >= 4 is 0 Å². The predicted molar refractivity (Wildman–Crippen MR) is 77.7 cm³/mol. The molecule has 0 spiro atoms. The van der Waals surface area contributed by atoms with Crippen molar-refractivity contribution in [2.45, 2.75) is 73.0 Å². The summed E-state index contributed by atoms with van der Waals surface area (Å²) in [5.74, 6) is 1.05. The van der Waals surface area contributed by atoms with Crippen LogP contribution in [0, 0.1) is 10.8 Å². The Balaban J connectivity index is 1.96. The van der Waals surface area contributed by atoms with Crippen molar-refractivity contribution < 1.29 is 0 Å². The average molecular weight is 264 g/mol. The first kappa shape index (κ1) is 14.5. The highest BCUT2D eigenvalue weighted by Gasteiger charge is 2.38. The van der Waals surface area contributed by atoms with E-state index in [4.69, 9.17) is 0 Å².